The number of likely N-dealkylation sites (tertiary alicyclic amines) is 1. The molecule has 0 aliphatic carbocycles. The molecule has 1 fully saturated rings. The summed E-state index contributed by atoms with van der Waals surface area (Å²) in [6.07, 6.45) is -4.09. The number of fused-ring (bicyclic) bond motifs is 1. The number of benzene rings is 2. The van der Waals surface area contributed by atoms with Crippen LogP contribution < -0.4 is 0 Å². The topological polar surface area (TPSA) is 49.8 Å². The van der Waals surface area contributed by atoms with Crippen LogP contribution in [0.4, 0.5) is 13.2 Å². The Hall–Kier alpha value is -2.38. The molecule has 1 N–H and O–H groups in total. The fraction of sp³-hybridized carbons (Fsp3) is 0.381. The first-order valence-electron chi connectivity index (χ1n) is 9.16. The zero-order valence-electron chi connectivity index (χ0n) is 15.1. The van der Waals surface area contributed by atoms with E-state index in [1.54, 1.807) is 11.0 Å². The second kappa shape index (κ2) is 6.90. The molecule has 2 aliphatic rings. The van der Waals surface area contributed by atoms with Crippen LogP contribution in [0.2, 0.25) is 0 Å². The largest absolute Gasteiger partial charge is 0.416 e. The molecule has 7 heteroatoms. The third-order valence-corrected chi connectivity index (χ3v) is 5.61. The Labute approximate surface area is 160 Å². The van der Waals surface area contributed by atoms with Crippen LogP contribution in [0.3, 0.4) is 0 Å². The lowest BCUT2D eigenvalue weighted by atomic mass is 9.83. The van der Waals surface area contributed by atoms with Gasteiger partial charge in [-0.1, -0.05) is 24.3 Å². The van der Waals surface area contributed by atoms with Crippen molar-refractivity contribution in [3.8, 4) is 0 Å². The Balaban J connectivity index is 1.50. The summed E-state index contributed by atoms with van der Waals surface area (Å²) in [5.74, 6) is -0.131. The van der Waals surface area contributed by atoms with Crippen LogP contribution in [0, 0.1) is 0 Å². The van der Waals surface area contributed by atoms with Crippen LogP contribution in [0.15, 0.2) is 42.5 Å². The molecule has 28 heavy (non-hydrogen) atoms. The van der Waals surface area contributed by atoms with Crippen molar-refractivity contribution < 1.29 is 27.8 Å². The van der Waals surface area contributed by atoms with Crippen LogP contribution in [0.25, 0.3) is 0 Å². The first-order valence-corrected chi connectivity index (χ1v) is 9.16. The number of piperidine rings is 1. The van der Waals surface area contributed by atoms with Crippen molar-refractivity contribution in [2.75, 3.05) is 13.1 Å². The Morgan fingerprint density at radius 3 is 2.50 bits per heavy atom. The molecule has 2 heterocycles. The summed E-state index contributed by atoms with van der Waals surface area (Å²) in [6, 6.07) is 10.3. The Bertz CT molecular complexity index is 902. The van der Waals surface area contributed by atoms with Gasteiger partial charge in [-0.3, -0.25) is 4.79 Å². The lowest BCUT2D eigenvalue weighted by Crippen LogP contribution is -2.45. The maximum atomic E-state index is 13.0. The van der Waals surface area contributed by atoms with Crippen molar-refractivity contribution in [1.82, 2.24) is 4.90 Å². The van der Waals surface area contributed by atoms with Gasteiger partial charge in [0.25, 0.3) is 5.91 Å². The number of carbonyl (C=O) groups is 1. The monoisotopic (exact) mass is 391 g/mol. The lowest BCUT2D eigenvalue weighted by Gasteiger charge is -2.39. The zero-order chi connectivity index (χ0) is 19.9. The Morgan fingerprint density at radius 1 is 1.07 bits per heavy atom. The molecule has 0 unspecified atom stereocenters. The first kappa shape index (κ1) is 19.0. The van der Waals surface area contributed by atoms with Gasteiger partial charge >= 0.3 is 6.18 Å². The van der Waals surface area contributed by atoms with Gasteiger partial charge in [0.15, 0.2) is 0 Å². The number of ether oxygens (including phenoxy) is 1. The molecule has 0 saturated carbocycles. The minimum atomic E-state index is -4.46. The summed E-state index contributed by atoms with van der Waals surface area (Å²) >= 11 is 0. The van der Waals surface area contributed by atoms with Gasteiger partial charge in [-0.05, 0) is 47.7 Å². The van der Waals surface area contributed by atoms with Gasteiger partial charge in [0.2, 0.25) is 0 Å². The number of nitrogens with zero attached hydrogens (tertiary/aromatic N) is 1. The van der Waals surface area contributed by atoms with Gasteiger partial charge < -0.3 is 14.7 Å². The minimum absolute atomic E-state index is 0.131. The molecule has 1 saturated heterocycles. The smallest absolute Gasteiger partial charge is 0.385 e. The summed E-state index contributed by atoms with van der Waals surface area (Å²) in [5.41, 5.74) is 0.578. The van der Waals surface area contributed by atoms with Gasteiger partial charge in [0, 0.05) is 18.7 Å². The number of alkyl halides is 3. The Kier molecular flexibility index (Phi) is 4.67. The molecule has 0 radical (unpaired) electrons. The summed E-state index contributed by atoms with van der Waals surface area (Å²) in [4.78, 5) is 14.6. The predicted octanol–water partition coefficient (Wildman–Crippen LogP) is 3.86. The average molecular weight is 391 g/mol. The summed E-state index contributed by atoms with van der Waals surface area (Å²) in [6.45, 7) is 1.44. The van der Waals surface area contributed by atoms with Crippen molar-refractivity contribution >= 4 is 5.91 Å². The van der Waals surface area contributed by atoms with E-state index in [2.05, 4.69) is 0 Å². The van der Waals surface area contributed by atoms with Gasteiger partial charge in [-0.15, -0.1) is 0 Å². The first-order chi connectivity index (χ1) is 13.3. The van der Waals surface area contributed by atoms with Crippen LogP contribution in [-0.2, 0) is 29.7 Å². The number of carbonyl (C=O) groups excluding carboxylic acids is 1. The van der Waals surface area contributed by atoms with Crippen LogP contribution in [0.1, 0.15) is 45.5 Å². The van der Waals surface area contributed by atoms with Gasteiger partial charge in [0.1, 0.15) is 0 Å². The van der Waals surface area contributed by atoms with Crippen molar-refractivity contribution in [3.05, 3.63) is 70.3 Å². The molecule has 1 amide bonds. The second-order valence-corrected chi connectivity index (χ2v) is 7.34. The third-order valence-electron chi connectivity index (χ3n) is 5.61. The van der Waals surface area contributed by atoms with Crippen molar-refractivity contribution in [2.45, 2.75) is 37.8 Å². The fourth-order valence-corrected chi connectivity index (χ4v) is 3.93. The number of aliphatic hydroxyl groups is 1. The molecule has 2 aromatic rings. The maximum Gasteiger partial charge on any atom is 0.416 e. The quantitative estimate of drug-likeness (QED) is 0.846. The number of rotatable bonds is 2. The molecule has 4 rings (SSSR count). The van der Waals surface area contributed by atoms with E-state index >= 15 is 0 Å². The van der Waals surface area contributed by atoms with Crippen LogP contribution >= 0.6 is 0 Å². The van der Waals surface area contributed by atoms with E-state index in [4.69, 9.17) is 4.74 Å². The van der Waals surface area contributed by atoms with E-state index in [9.17, 15) is 23.1 Å². The molecular formula is C21H20F3NO3. The standard InChI is InChI=1S/C21H20F3NO3/c22-21(23,24)16-5-2-4-15(11-16)20(27)7-9-25(10-8-20)19(26)17-6-1-3-14-12-28-13-18(14)17/h1-6,11,27H,7-10,12-13H2. The highest BCUT2D eigenvalue weighted by Crippen LogP contribution is 2.37. The molecule has 0 atom stereocenters. The van der Waals surface area contributed by atoms with Crippen molar-refractivity contribution in [3.63, 3.8) is 0 Å². The fourth-order valence-electron chi connectivity index (χ4n) is 3.93. The molecular weight excluding hydrogens is 371 g/mol. The molecule has 4 nitrogen and oxygen atoms in total. The summed E-state index contributed by atoms with van der Waals surface area (Å²) < 4.78 is 44.4. The van der Waals surface area contributed by atoms with E-state index in [0.29, 0.717) is 18.8 Å². The normalized spacial score (nSPS) is 18.8. The van der Waals surface area contributed by atoms with E-state index in [-0.39, 0.29) is 37.4 Å². The molecule has 148 valence electrons. The number of hydrogen-bond acceptors (Lipinski definition) is 3. The average Bonchev–Trinajstić information content (AvgIpc) is 3.16. The third kappa shape index (κ3) is 3.40. The lowest BCUT2D eigenvalue weighted by molar-refractivity contribution is -0.137. The maximum absolute atomic E-state index is 13.0. The van der Waals surface area contributed by atoms with Crippen LogP contribution in [-0.4, -0.2) is 29.0 Å². The number of halogens is 3. The van der Waals surface area contributed by atoms with E-state index in [1.165, 1.54) is 12.1 Å². The minimum Gasteiger partial charge on any atom is -0.385 e. The van der Waals surface area contributed by atoms with Gasteiger partial charge in [0.05, 0.1) is 24.4 Å². The molecule has 0 aromatic heterocycles. The van der Waals surface area contributed by atoms with Gasteiger partial charge in [-0.2, -0.15) is 13.2 Å². The highest BCUT2D eigenvalue weighted by Gasteiger charge is 2.38. The van der Waals surface area contributed by atoms with E-state index < -0.39 is 17.3 Å². The summed E-state index contributed by atoms with van der Waals surface area (Å²) in [7, 11) is 0. The summed E-state index contributed by atoms with van der Waals surface area (Å²) in [5, 5.41) is 10.9. The zero-order valence-corrected chi connectivity index (χ0v) is 15.1. The van der Waals surface area contributed by atoms with E-state index in [1.807, 2.05) is 12.1 Å². The van der Waals surface area contributed by atoms with Crippen LogP contribution in [0.5, 0.6) is 0 Å². The van der Waals surface area contributed by atoms with Crippen molar-refractivity contribution in [1.29, 1.82) is 0 Å². The van der Waals surface area contributed by atoms with E-state index in [0.717, 1.165) is 23.3 Å². The second-order valence-electron chi connectivity index (χ2n) is 7.34. The number of hydrogen-bond donors (Lipinski definition) is 1. The SMILES string of the molecule is O=C(c1cccc2c1COC2)N1CCC(O)(c2cccc(C(F)(F)F)c2)CC1. The highest BCUT2D eigenvalue weighted by atomic mass is 19.4. The molecule has 0 spiro atoms. The predicted molar refractivity (Wildman–Crippen MR) is 95.4 cm³/mol. The Morgan fingerprint density at radius 2 is 1.79 bits per heavy atom. The molecule has 2 aromatic carbocycles. The molecule has 2 aliphatic heterocycles. The number of amides is 1. The molecule has 0 bridgehead atoms. The van der Waals surface area contributed by atoms with Crippen molar-refractivity contribution in [2.24, 2.45) is 0 Å². The highest BCUT2D eigenvalue weighted by molar-refractivity contribution is 5.96. The van der Waals surface area contributed by atoms with Gasteiger partial charge in [-0.25, -0.2) is 0 Å².